The maximum Gasteiger partial charge on any atom is 0.416 e. The quantitative estimate of drug-likeness (QED) is 0.540. The Morgan fingerprint density at radius 3 is 1.82 bits per heavy atom. The molecule has 7 nitrogen and oxygen atoms in total. The number of aliphatic carboxylic acids is 1. The van der Waals surface area contributed by atoms with Crippen molar-refractivity contribution in [2.24, 2.45) is 0 Å². The second kappa shape index (κ2) is 11.1. The summed E-state index contributed by atoms with van der Waals surface area (Å²) in [5, 5.41) is 10.2. The van der Waals surface area contributed by atoms with Crippen molar-refractivity contribution >= 4 is 11.9 Å². The van der Waals surface area contributed by atoms with Gasteiger partial charge in [0.1, 0.15) is 0 Å². The Bertz CT molecular complexity index is 967. The molecule has 1 aromatic rings. The summed E-state index contributed by atoms with van der Waals surface area (Å²) in [5.41, 5.74) is 0.602. The summed E-state index contributed by atoms with van der Waals surface area (Å²) < 4.78 is 44.5. The smallest absolute Gasteiger partial charge is 0.416 e. The van der Waals surface area contributed by atoms with Crippen LogP contribution < -0.4 is 0 Å². The van der Waals surface area contributed by atoms with Crippen LogP contribution in [0, 0.1) is 0 Å². The van der Waals surface area contributed by atoms with Crippen LogP contribution in [0.1, 0.15) is 29.9 Å². The molecule has 0 saturated heterocycles. The number of carboxylic acids is 1. The number of methoxy groups -OCH3 is 1. The lowest BCUT2D eigenvalue weighted by Crippen LogP contribution is -2.36. The average molecular weight is 484 g/mol. The van der Waals surface area contributed by atoms with E-state index in [9.17, 15) is 27.9 Å². The van der Waals surface area contributed by atoms with E-state index in [1.165, 1.54) is 19.2 Å². The fourth-order valence-electron chi connectivity index (χ4n) is 4.06. The maximum atomic E-state index is 13.2. The van der Waals surface area contributed by atoms with Gasteiger partial charge in [-0.1, -0.05) is 12.1 Å². The first kappa shape index (κ1) is 27.4. The van der Waals surface area contributed by atoms with Gasteiger partial charge in [0, 0.05) is 44.4 Å². The summed E-state index contributed by atoms with van der Waals surface area (Å²) in [6.45, 7) is 1.12. The van der Waals surface area contributed by atoms with Gasteiger partial charge >= 0.3 is 18.1 Å². The Hall–Kier alpha value is -2.85. The van der Waals surface area contributed by atoms with Crippen molar-refractivity contribution in [3.8, 4) is 0 Å². The van der Waals surface area contributed by atoms with Crippen molar-refractivity contribution in [1.82, 2.24) is 14.7 Å². The van der Waals surface area contributed by atoms with Crippen LogP contribution in [0.15, 0.2) is 46.8 Å². The zero-order valence-corrected chi connectivity index (χ0v) is 20.4. The van der Waals surface area contributed by atoms with Crippen molar-refractivity contribution in [1.29, 1.82) is 0 Å². The molecule has 188 valence electrons. The molecule has 0 aromatic heterocycles. The highest BCUT2D eigenvalue weighted by Crippen LogP contribution is 2.44. The second-order valence-electron chi connectivity index (χ2n) is 8.74. The molecule has 1 heterocycles. The first-order chi connectivity index (χ1) is 15.8. The van der Waals surface area contributed by atoms with E-state index in [0.717, 1.165) is 12.1 Å². The molecule has 10 heteroatoms. The van der Waals surface area contributed by atoms with E-state index in [0.29, 0.717) is 37.3 Å². The number of carbonyl (C=O) groups excluding carboxylic acids is 1. The van der Waals surface area contributed by atoms with Crippen LogP contribution >= 0.6 is 0 Å². The van der Waals surface area contributed by atoms with E-state index in [2.05, 4.69) is 0 Å². The van der Waals surface area contributed by atoms with Crippen LogP contribution in [-0.2, 0) is 20.5 Å². The standard InChI is InChI=1S/C24H32F3N3O4/c1-28(2)13-11-17-20(22(31)32)19(15-7-9-16(10-8-15)24(25,26)27)21(23(33)34-6)18(30(17)5)12-14-29(3)4/h7-10,19H,11-14H2,1-6H3,(H,31,32). The minimum absolute atomic E-state index is 0.0434. The molecular weight excluding hydrogens is 451 g/mol. The Labute approximate surface area is 198 Å². The molecule has 0 saturated carbocycles. The molecule has 0 spiro atoms. The van der Waals surface area contributed by atoms with Crippen LogP contribution in [0.2, 0.25) is 0 Å². The largest absolute Gasteiger partial charge is 0.478 e. The number of benzene rings is 1. The van der Waals surface area contributed by atoms with Gasteiger partial charge in [-0.2, -0.15) is 13.2 Å². The predicted molar refractivity (Wildman–Crippen MR) is 122 cm³/mol. The number of halogens is 3. The highest BCUT2D eigenvalue weighted by Gasteiger charge is 2.41. The van der Waals surface area contributed by atoms with Crippen molar-refractivity contribution in [2.75, 3.05) is 55.4 Å². The van der Waals surface area contributed by atoms with Gasteiger partial charge in [-0.15, -0.1) is 0 Å². The SMILES string of the molecule is COC(=O)C1=C(CCN(C)C)N(C)C(CCN(C)C)=C(C(=O)O)C1c1ccc(C(F)(F)F)cc1. The molecule has 1 aliphatic rings. The summed E-state index contributed by atoms with van der Waals surface area (Å²) >= 11 is 0. The lowest BCUT2D eigenvalue weighted by atomic mass is 9.78. The summed E-state index contributed by atoms with van der Waals surface area (Å²) in [4.78, 5) is 31.1. The normalized spacial score (nSPS) is 17.1. The van der Waals surface area contributed by atoms with Crippen molar-refractivity contribution < 1.29 is 32.6 Å². The minimum Gasteiger partial charge on any atom is -0.478 e. The van der Waals surface area contributed by atoms with Crippen LogP contribution in [-0.4, -0.2) is 87.2 Å². The second-order valence-corrected chi connectivity index (χ2v) is 8.74. The molecular formula is C24H32F3N3O4. The number of hydrogen-bond acceptors (Lipinski definition) is 6. The number of esters is 1. The number of carbonyl (C=O) groups is 2. The molecule has 0 amide bonds. The molecule has 2 rings (SSSR count). The molecule has 0 fully saturated rings. The molecule has 0 bridgehead atoms. The summed E-state index contributed by atoms with van der Waals surface area (Å²) in [7, 11) is 10.4. The third-order valence-corrected chi connectivity index (χ3v) is 5.81. The van der Waals surface area contributed by atoms with Crippen molar-refractivity contribution in [3.63, 3.8) is 0 Å². The number of alkyl halides is 3. The van der Waals surface area contributed by atoms with E-state index in [1.807, 2.05) is 38.0 Å². The number of nitrogens with zero attached hydrogens (tertiary/aromatic N) is 3. The van der Waals surface area contributed by atoms with Gasteiger partial charge in [0.2, 0.25) is 0 Å². The van der Waals surface area contributed by atoms with Crippen LogP contribution in [0.4, 0.5) is 13.2 Å². The van der Waals surface area contributed by atoms with E-state index in [1.54, 1.807) is 11.9 Å². The Kier molecular flexibility index (Phi) is 8.90. The number of carboxylic acid groups (broad SMARTS) is 1. The predicted octanol–water partition coefficient (Wildman–Crippen LogP) is 3.40. The zero-order chi connectivity index (χ0) is 25.8. The van der Waals surface area contributed by atoms with E-state index in [4.69, 9.17) is 4.74 Å². The van der Waals surface area contributed by atoms with Gasteiger partial charge in [-0.3, -0.25) is 0 Å². The molecule has 0 aliphatic carbocycles. The van der Waals surface area contributed by atoms with Crippen LogP contribution in [0.3, 0.4) is 0 Å². The van der Waals surface area contributed by atoms with Gasteiger partial charge in [0.25, 0.3) is 0 Å². The van der Waals surface area contributed by atoms with Crippen molar-refractivity contribution in [2.45, 2.75) is 24.9 Å². The molecule has 1 aliphatic heterocycles. The summed E-state index contributed by atoms with van der Waals surface area (Å²) in [5.74, 6) is -3.02. The molecule has 1 aromatic carbocycles. The molecule has 34 heavy (non-hydrogen) atoms. The van der Waals surface area contributed by atoms with E-state index in [-0.39, 0.29) is 16.7 Å². The first-order valence-corrected chi connectivity index (χ1v) is 10.8. The van der Waals surface area contributed by atoms with E-state index >= 15 is 0 Å². The number of ether oxygens (including phenoxy) is 1. The fraction of sp³-hybridized carbons (Fsp3) is 0.500. The Morgan fingerprint density at radius 1 is 0.971 bits per heavy atom. The topological polar surface area (TPSA) is 73.3 Å². The zero-order valence-electron chi connectivity index (χ0n) is 20.4. The van der Waals surface area contributed by atoms with Gasteiger partial charge in [-0.25, -0.2) is 9.59 Å². The fourth-order valence-corrected chi connectivity index (χ4v) is 4.06. The summed E-state index contributed by atoms with van der Waals surface area (Å²) in [6.07, 6.45) is -3.74. The van der Waals surface area contributed by atoms with Gasteiger partial charge in [0.05, 0.1) is 29.7 Å². The lowest BCUT2D eigenvalue weighted by molar-refractivity contribution is -0.138. The number of rotatable bonds is 9. The van der Waals surface area contributed by atoms with Crippen LogP contribution in [0.5, 0.6) is 0 Å². The highest BCUT2D eigenvalue weighted by molar-refractivity contribution is 5.99. The monoisotopic (exact) mass is 483 g/mol. The molecule has 1 N–H and O–H groups in total. The third kappa shape index (κ3) is 6.18. The minimum atomic E-state index is -4.54. The highest BCUT2D eigenvalue weighted by atomic mass is 19.4. The Morgan fingerprint density at radius 2 is 1.44 bits per heavy atom. The maximum absolute atomic E-state index is 13.2. The summed E-state index contributed by atoms with van der Waals surface area (Å²) in [6, 6.07) is 4.28. The van der Waals surface area contributed by atoms with Gasteiger partial charge in [0.15, 0.2) is 0 Å². The van der Waals surface area contributed by atoms with Gasteiger partial charge in [-0.05, 0) is 45.9 Å². The van der Waals surface area contributed by atoms with Crippen LogP contribution in [0.25, 0.3) is 0 Å². The number of hydrogen-bond donors (Lipinski definition) is 1. The average Bonchev–Trinajstić information content (AvgIpc) is 2.75. The van der Waals surface area contributed by atoms with Crippen molar-refractivity contribution in [3.05, 3.63) is 57.9 Å². The first-order valence-electron chi connectivity index (χ1n) is 10.8. The van der Waals surface area contributed by atoms with E-state index < -0.39 is 29.6 Å². The molecule has 1 atom stereocenters. The lowest BCUT2D eigenvalue weighted by Gasteiger charge is -2.38. The Balaban J connectivity index is 2.80. The molecule has 0 radical (unpaired) electrons. The van der Waals surface area contributed by atoms with Gasteiger partial charge < -0.3 is 24.5 Å². The molecule has 1 unspecified atom stereocenters. The third-order valence-electron chi connectivity index (χ3n) is 5.81.